The first kappa shape index (κ1) is 16.0. The fourth-order valence-electron chi connectivity index (χ4n) is 1.95. The molecule has 0 saturated carbocycles. The molecule has 5 nitrogen and oxygen atoms in total. The highest BCUT2D eigenvalue weighted by Crippen LogP contribution is 2.16. The molecular weight excluding hydrogens is 309 g/mol. The van der Waals surface area contributed by atoms with Crippen molar-refractivity contribution in [3.63, 3.8) is 0 Å². The number of benzene rings is 1. The number of nitrogens with zero attached hydrogens (tertiary/aromatic N) is 2. The number of halogens is 2. The number of amides is 1. The fourth-order valence-corrected chi connectivity index (χ4v) is 2.15. The molecule has 7 heteroatoms. The predicted molar refractivity (Wildman–Crippen MR) is 79.4 cm³/mol. The Morgan fingerprint density at radius 2 is 1.95 bits per heavy atom. The molecule has 0 saturated heterocycles. The van der Waals surface area contributed by atoms with Crippen molar-refractivity contribution < 1.29 is 14.0 Å². The van der Waals surface area contributed by atoms with Gasteiger partial charge < -0.3 is 5.32 Å². The average molecular weight is 322 g/mol. The lowest BCUT2D eigenvalue weighted by molar-refractivity contribution is 0.0945. The first-order valence-corrected chi connectivity index (χ1v) is 6.82. The maximum atomic E-state index is 13.1. The Morgan fingerprint density at radius 3 is 2.59 bits per heavy atom. The Labute approximate surface area is 131 Å². The maximum absolute atomic E-state index is 13.1. The highest BCUT2D eigenvalue weighted by atomic mass is 35.5. The lowest BCUT2D eigenvalue weighted by atomic mass is 10.1. The molecular formula is C15H13ClFN3O2. The van der Waals surface area contributed by atoms with E-state index in [2.05, 4.69) is 15.3 Å². The van der Waals surface area contributed by atoms with Crippen LogP contribution in [0.4, 0.5) is 4.39 Å². The number of rotatable bonds is 4. The molecule has 0 spiro atoms. The molecule has 0 aliphatic rings. The van der Waals surface area contributed by atoms with Crippen molar-refractivity contribution >= 4 is 23.3 Å². The standard InChI is InChI=1S/C15H13ClFN3O2/c1-8-13(9(2)21)19-7-20-14(8)15(22)18-6-10-3-4-12(17)11(16)5-10/h3-5,7H,6H2,1-2H3,(H,18,22). The van der Waals surface area contributed by atoms with E-state index >= 15 is 0 Å². The first-order valence-electron chi connectivity index (χ1n) is 6.44. The lowest BCUT2D eigenvalue weighted by Gasteiger charge is -2.09. The second-order valence-electron chi connectivity index (χ2n) is 4.68. The van der Waals surface area contributed by atoms with Crippen molar-refractivity contribution in [1.82, 2.24) is 15.3 Å². The molecule has 0 aliphatic carbocycles. The summed E-state index contributed by atoms with van der Waals surface area (Å²) in [6.07, 6.45) is 1.17. The molecule has 1 heterocycles. The zero-order chi connectivity index (χ0) is 16.3. The Morgan fingerprint density at radius 1 is 1.27 bits per heavy atom. The highest BCUT2D eigenvalue weighted by Gasteiger charge is 2.16. The van der Waals surface area contributed by atoms with E-state index in [0.717, 1.165) is 0 Å². The van der Waals surface area contributed by atoms with Gasteiger partial charge in [0.05, 0.1) is 5.02 Å². The number of hydrogen-bond donors (Lipinski definition) is 1. The van der Waals surface area contributed by atoms with E-state index in [-0.39, 0.29) is 28.7 Å². The van der Waals surface area contributed by atoms with Gasteiger partial charge in [-0.1, -0.05) is 17.7 Å². The van der Waals surface area contributed by atoms with Crippen LogP contribution in [0.25, 0.3) is 0 Å². The Hall–Kier alpha value is -2.34. The van der Waals surface area contributed by atoms with Crippen LogP contribution < -0.4 is 5.32 Å². The monoisotopic (exact) mass is 321 g/mol. The van der Waals surface area contributed by atoms with Crippen LogP contribution in [0.5, 0.6) is 0 Å². The van der Waals surface area contributed by atoms with Gasteiger partial charge in [0.15, 0.2) is 5.78 Å². The van der Waals surface area contributed by atoms with E-state index in [4.69, 9.17) is 11.6 Å². The second-order valence-corrected chi connectivity index (χ2v) is 5.09. The Bertz CT molecular complexity index is 750. The van der Waals surface area contributed by atoms with Crippen LogP contribution in [0.2, 0.25) is 5.02 Å². The Balaban J connectivity index is 2.14. The van der Waals surface area contributed by atoms with Crippen LogP contribution in [0.1, 0.15) is 39.0 Å². The van der Waals surface area contributed by atoms with Crippen molar-refractivity contribution in [2.75, 3.05) is 0 Å². The van der Waals surface area contributed by atoms with Crippen LogP contribution in [-0.2, 0) is 6.54 Å². The van der Waals surface area contributed by atoms with Crippen LogP contribution in [0.15, 0.2) is 24.5 Å². The van der Waals surface area contributed by atoms with E-state index < -0.39 is 11.7 Å². The predicted octanol–water partition coefficient (Wildman–Crippen LogP) is 2.71. The van der Waals surface area contributed by atoms with Gasteiger partial charge in [-0.25, -0.2) is 14.4 Å². The SMILES string of the molecule is CC(=O)c1ncnc(C(=O)NCc2ccc(F)c(Cl)c2)c1C. The number of aromatic nitrogens is 2. The summed E-state index contributed by atoms with van der Waals surface area (Å²) in [5, 5.41) is 2.64. The van der Waals surface area contributed by atoms with Crippen molar-refractivity contribution in [3.05, 3.63) is 57.9 Å². The van der Waals surface area contributed by atoms with E-state index in [0.29, 0.717) is 11.1 Å². The van der Waals surface area contributed by atoms with E-state index in [1.54, 1.807) is 6.92 Å². The highest BCUT2D eigenvalue weighted by molar-refractivity contribution is 6.30. The summed E-state index contributed by atoms with van der Waals surface area (Å²) in [4.78, 5) is 31.3. The number of Topliss-reactive ketones (excluding diaryl/α,β-unsaturated/α-hetero) is 1. The summed E-state index contributed by atoms with van der Waals surface area (Å²) in [5.74, 6) is -1.20. The van der Waals surface area contributed by atoms with Gasteiger partial charge in [0, 0.05) is 19.0 Å². The third kappa shape index (κ3) is 3.46. The quantitative estimate of drug-likeness (QED) is 0.879. The minimum absolute atomic E-state index is 0.0103. The van der Waals surface area contributed by atoms with E-state index in [9.17, 15) is 14.0 Å². The van der Waals surface area contributed by atoms with Gasteiger partial charge in [-0.15, -0.1) is 0 Å². The average Bonchev–Trinajstić information content (AvgIpc) is 2.48. The van der Waals surface area contributed by atoms with E-state index in [1.807, 2.05) is 0 Å². The van der Waals surface area contributed by atoms with Crippen molar-refractivity contribution in [2.24, 2.45) is 0 Å². The summed E-state index contributed by atoms with van der Waals surface area (Å²) in [5.41, 5.74) is 1.42. The number of carbonyl (C=O) groups excluding carboxylic acids is 2. The molecule has 1 aromatic heterocycles. The van der Waals surface area contributed by atoms with Gasteiger partial charge in [-0.3, -0.25) is 9.59 Å². The molecule has 0 aliphatic heterocycles. The normalized spacial score (nSPS) is 10.4. The van der Waals surface area contributed by atoms with Crippen molar-refractivity contribution in [2.45, 2.75) is 20.4 Å². The molecule has 0 bridgehead atoms. The summed E-state index contributed by atoms with van der Waals surface area (Å²) >= 11 is 5.68. The van der Waals surface area contributed by atoms with Gasteiger partial charge in [0.25, 0.3) is 5.91 Å². The zero-order valence-electron chi connectivity index (χ0n) is 12.0. The molecule has 2 aromatic rings. The molecule has 114 valence electrons. The molecule has 0 unspecified atom stereocenters. The Kier molecular flexibility index (Phi) is 4.82. The molecule has 1 N–H and O–H groups in total. The molecule has 1 amide bonds. The number of hydrogen-bond acceptors (Lipinski definition) is 4. The smallest absolute Gasteiger partial charge is 0.270 e. The molecule has 2 rings (SSSR count). The molecule has 22 heavy (non-hydrogen) atoms. The summed E-state index contributed by atoms with van der Waals surface area (Å²) in [6.45, 7) is 3.15. The van der Waals surface area contributed by atoms with Gasteiger partial charge >= 0.3 is 0 Å². The van der Waals surface area contributed by atoms with Crippen LogP contribution in [-0.4, -0.2) is 21.7 Å². The maximum Gasteiger partial charge on any atom is 0.270 e. The molecule has 0 fully saturated rings. The van der Waals surface area contributed by atoms with Gasteiger partial charge in [0.1, 0.15) is 23.5 Å². The van der Waals surface area contributed by atoms with E-state index in [1.165, 1.54) is 31.5 Å². The third-order valence-electron chi connectivity index (χ3n) is 3.07. The topological polar surface area (TPSA) is 72.0 Å². The van der Waals surface area contributed by atoms with Gasteiger partial charge in [0.2, 0.25) is 0 Å². The number of ketones is 1. The summed E-state index contributed by atoms with van der Waals surface area (Å²) in [6, 6.07) is 4.19. The minimum atomic E-state index is -0.519. The number of carbonyl (C=O) groups is 2. The van der Waals surface area contributed by atoms with Crippen LogP contribution in [0, 0.1) is 12.7 Å². The molecule has 0 atom stereocenters. The number of nitrogens with one attached hydrogen (secondary N) is 1. The third-order valence-corrected chi connectivity index (χ3v) is 3.36. The second kappa shape index (κ2) is 6.62. The van der Waals surface area contributed by atoms with Gasteiger partial charge in [-0.2, -0.15) is 0 Å². The summed E-state index contributed by atoms with van der Waals surface area (Å²) in [7, 11) is 0. The first-order chi connectivity index (χ1) is 10.4. The summed E-state index contributed by atoms with van der Waals surface area (Å²) < 4.78 is 13.1. The lowest BCUT2D eigenvalue weighted by Crippen LogP contribution is -2.25. The van der Waals surface area contributed by atoms with Crippen LogP contribution in [0.3, 0.4) is 0 Å². The zero-order valence-corrected chi connectivity index (χ0v) is 12.7. The molecule has 1 aromatic carbocycles. The van der Waals surface area contributed by atoms with Gasteiger partial charge in [-0.05, 0) is 24.6 Å². The van der Waals surface area contributed by atoms with Crippen molar-refractivity contribution in [1.29, 1.82) is 0 Å². The fraction of sp³-hybridized carbons (Fsp3) is 0.200. The molecule has 0 radical (unpaired) electrons. The van der Waals surface area contributed by atoms with Crippen molar-refractivity contribution in [3.8, 4) is 0 Å². The minimum Gasteiger partial charge on any atom is -0.347 e. The largest absolute Gasteiger partial charge is 0.347 e. The van der Waals surface area contributed by atoms with Crippen LogP contribution >= 0.6 is 11.6 Å².